The molecule has 10 heteroatoms. The molecule has 0 aliphatic heterocycles. The van der Waals surface area contributed by atoms with Gasteiger partial charge in [0.1, 0.15) is 18.2 Å². The molecule has 1 aromatic rings. The van der Waals surface area contributed by atoms with Gasteiger partial charge in [-0.05, 0) is 69.6 Å². The van der Waals surface area contributed by atoms with E-state index in [1.54, 1.807) is 13.0 Å². The lowest BCUT2D eigenvalue weighted by atomic mass is 10.1. The predicted octanol–water partition coefficient (Wildman–Crippen LogP) is 7.23. The minimum absolute atomic E-state index is 0.00751. The van der Waals surface area contributed by atoms with E-state index in [-0.39, 0.29) is 43.2 Å². The van der Waals surface area contributed by atoms with Gasteiger partial charge in [0.05, 0.1) is 11.5 Å². The molecule has 0 aliphatic rings. The van der Waals surface area contributed by atoms with Crippen LogP contribution in [0.1, 0.15) is 70.8 Å². The number of hydrogen-bond donors (Lipinski definition) is 2. The summed E-state index contributed by atoms with van der Waals surface area (Å²) in [7, 11) is 0. The third kappa shape index (κ3) is 15.4. The van der Waals surface area contributed by atoms with E-state index in [1.807, 2.05) is 6.08 Å². The zero-order valence-corrected chi connectivity index (χ0v) is 25.6. The van der Waals surface area contributed by atoms with Gasteiger partial charge < -0.3 is 19.8 Å². The van der Waals surface area contributed by atoms with Gasteiger partial charge >= 0.3 is 11.7 Å². The summed E-state index contributed by atoms with van der Waals surface area (Å²) in [6, 6.07) is 3.70. The first kappa shape index (κ1) is 37.1. The number of unbranched alkanes of at least 4 members (excludes halogenated alkanes) is 1. The highest BCUT2D eigenvalue weighted by Gasteiger charge is 2.21. The number of nitro groups is 1. The molecule has 0 saturated carbocycles. The largest absolute Gasteiger partial charge is 0.504 e. The van der Waals surface area contributed by atoms with Crippen LogP contribution in [0.15, 0.2) is 78.5 Å². The second-order valence-electron chi connectivity index (χ2n) is 9.54. The first-order valence-corrected chi connectivity index (χ1v) is 14.8. The van der Waals surface area contributed by atoms with Gasteiger partial charge in [0.25, 0.3) is 5.91 Å². The SMILES string of the molecule is CCC=CCC=CCC=CCC=CCC=CCCCC(=O)OCCN(CC)C(=O)C(C#N)=Cc1cc(O)c(O)c([N+](=O)[O-])c1. The van der Waals surface area contributed by atoms with E-state index < -0.39 is 28.0 Å². The van der Waals surface area contributed by atoms with Gasteiger partial charge in [0.15, 0.2) is 5.75 Å². The topological polar surface area (TPSA) is 154 Å². The van der Waals surface area contributed by atoms with E-state index in [1.165, 1.54) is 4.90 Å². The second kappa shape index (κ2) is 22.7. The number of ether oxygens (including phenoxy) is 1. The van der Waals surface area contributed by atoms with Gasteiger partial charge in [-0.1, -0.05) is 67.7 Å². The molecule has 1 rings (SSSR count). The Hall–Kier alpha value is -4.91. The Morgan fingerprint density at radius 1 is 0.955 bits per heavy atom. The molecule has 10 nitrogen and oxygen atoms in total. The zero-order valence-electron chi connectivity index (χ0n) is 25.6. The van der Waals surface area contributed by atoms with Crippen LogP contribution in [0.4, 0.5) is 5.69 Å². The monoisotopic (exact) mass is 605 g/mol. The average Bonchev–Trinajstić information content (AvgIpc) is 3.00. The van der Waals surface area contributed by atoms with Crippen LogP contribution >= 0.6 is 0 Å². The van der Waals surface area contributed by atoms with Crippen molar-refractivity contribution in [1.29, 1.82) is 5.26 Å². The van der Waals surface area contributed by atoms with Crippen molar-refractivity contribution in [3.63, 3.8) is 0 Å². The Morgan fingerprint density at radius 3 is 2.05 bits per heavy atom. The number of nitrogens with zero attached hydrogens (tertiary/aromatic N) is 3. The van der Waals surface area contributed by atoms with Gasteiger partial charge in [-0.3, -0.25) is 19.7 Å². The lowest BCUT2D eigenvalue weighted by Gasteiger charge is -2.20. The Balaban J connectivity index is 2.36. The number of phenols is 2. The normalized spacial score (nSPS) is 12.2. The van der Waals surface area contributed by atoms with Gasteiger partial charge in [0, 0.05) is 19.0 Å². The molecule has 1 aromatic carbocycles. The molecular weight excluding hydrogens is 562 g/mol. The van der Waals surface area contributed by atoms with Gasteiger partial charge in [-0.15, -0.1) is 0 Å². The average molecular weight is 606 g/mol. The summed E-state index contributed by atoms with van der Waals surface area (Å²) in [6.07, 6.45) is 28.7. The van der Waals surface area contributed by atoms with Crippen molar-refractivity contribution >= 4 is 23.6 Å². The molecule has 0 saturated heterocycles. The zero-order chi connectivity index (χ0) is 32.6. The molecular formula is C34H43N3O7. The van der Waals surface area contributed by atoms with Crippen molar-refractivity contribution in [3.05, 3.63) is 94.1 Å². The molecule has 2 N–H and O–H groups in total. The molecule has 1 amide bonds. The Labute approximate surface area is 259 Å². The summed E-state index contributed by atoms with van der Waals surface area (Å²) in [5.41, 5.74) is -1.11. The van der Waals surface area contributed by atoms with Gasteiger partial charge in [-0.25, -0.2) is 0 Å². The summed E-state index contributed by atoms with van der Waals surface area (Å²) in [6.45, 7) is 4.04. The molecule has 0 bridgehead atoms. The van der Waals surface area contributed by atoms with Crippen LogP contribution in [-0.4, -0.2) is 51.6 Å². The molecule has 0 spiro atoms. The smallest absolute Gasteiger partial charge is 0.315 e. The van der Waals surface area contributed by atoms with Crippen molar-refractivity contribution in [2.75, 3.05) is 19.7 Å². The fourth-order valence-electron chi connectivity index (χ4n) is 3.80. The van der Waals surface area contributed by atoms with Crippen LogP contribution < -0.4 is 0 Å². The summed E-state index contributed by atoms with van der Waals surface area (Å²) in [5, 5.41) is 39.9. The molecule has 44 heavy (non-hydrogen) atoms. The second-order valence-corrected chi connectivity index (χ2v) is 9.54. The first-order valence-electron chi connectivity index (χ1n) is 14.8. The van der Waals surface area contributed by atoms with E-state index >= 15 is 0 Å². The lowest BCUT2D eigenvalue weighted by Crippen LogP contribution is -2.35. The van der Waals surface area contributed by atoms with E-state index in [0.29, 0.717) is 6.42 Å². The van der Waals surface area contributed by atoms with E-state index in [2.05, 4.69) is 61.6 Å². The van der Waals surface area contributed by atoms with Crippen LogP contribution in [-0.2, 0) is 14.3 Å². The van der Waals surface area contributed by atoms with E-state index in [4.69, 9.17) is 4.74 Å². The number of aromatic hydroxyl groups is 2. The number of benzene rings is 1. The highest BCUT2D eigenvalue weighted by molar-refractivity contribution is 6.01. The van der Waals surface area contributed by atoms with Crippen LogP contribution in [0.2, 0.25) is 0 Å². The van der Waals surface area contributed by atoms with Crippen molar-refractivity contribution < 1.29 is 29.5 Å². The Kier molecular flexibility index (Phi) is 19.1. The number of carbonyl (C=O) groups is 2. The summed E-state index contributed by atoms with van der Waals surface area (Å²) >= 11 is 0. The number of nitro benzene ring substituents is 1. The maximum atomic E-state index is 12.8. The Bertz CT molecular complexity index is 1300. The Morgan fingerprint density at radius 2 is 1.52 bits per heavy atom. The van der Waals surface area contributed by atoms with Gasteiger partial charge in [-0.2, -0.15) is 5.26 Å². The number of hydrogen-bond acceptors (Lipinski definition) is 8. The van der Waals surface area contributed by atoms with Crippen molar-refractivity contribution in [2.45, 2.75) is 65.2 Å². The maximum Gasteiger partial charge on any atom is 0.315 e. The molecule has 0 fully saturated rings. The van der Waals surface area contributed by atoms with Crippen molar-refractivity contribution in [3.8, 4) is 17.6 Å². The summed E-state index contributed by atoms with van der Waals surface area (Å²) in [4.78, 5) is 36.4. The molecule has 0 aromatic heterocycles. The number of carbonyl (C=O) groups excluding carboxylic acids is 2. The van der Waals surface area contributed by atoms with Crippen LogP contribution in [0.25, 0.3) is 6.08 Å². The number of phenolic OH excluding ortho intramolecular Hbond substituents is 2. The van der Waals surface area contributed by atoms with Crippen LogP contribution in [0.3, 0.4) is 0 Å². The lowest BCUT2D eigenvalue weighted by molar-refractivity contribution is -0.386. The number of rotatable bonds is 20. The maximum absolute atomic E-state index is 12.8. The molecule has 236 valence electrons. The number of likely N-dealkylation sites (N-methyl/N-ethyl adjacent to an activating group) is 1. The minimum atomic E-state index is -0.910. The van der Waals surface area contributed by atoms with E-state index in [0.717, 1.165) is 56.7 Å². The van der Waals surface area contributed by atoms with Crippen LogP contribution in [0.5, 0.6) is 11.5 Å². The van der Waals surface area contributed by atoms with E-state index in [9.17, 15) is 35.2 Å². The highest BCUT2D eigenvalue weighted by atomic mass is 16.6. The third-order valence-electron chi connectivity index (χ3n) is 6.15. The summed E-state index contributed by atoms with van der Waals surface area (Å²) in [5.74, 6) is -2.72. The number of nitriles is 1. The number of esters is 1. The van der Waals surface area contributed by atoms with Crippen molar-refractivity contribution in [2.24, 2.45) is 0 Å². The molecule has 0 atom stereocenters. The predicted molar refractivity (Wildman–Crippen MR) is 172 cm³/mol. The fourth-order valence-corrected chi connectivity index (χ4v) is 3.80. The molecule has 0 aliphatic carbocycles. The molecule has 0 heterocycles. The molecule has 0 unspecified atom stereocenters. The highest BCUT2D eigenvalue weighted by Crippen LogP contribution is 2.36. The van der Waals surface area contributed by atoms with Crippen molar-refractivity contribution in [1.82, 2.24) is 4.90 Å². The number of amides is 1. The fraction of sp³-hybridized carbons (Fsp3) is 0.382. The standard InChI is InChI=1S/C34H43N3O7/c1-3-5-6-7-8-9-10-11-12-13-14-15-16-17-18-19-20-21-32(39)44-23-22-36(4-2)34(41)29(27-35)24-28-25-30(37(42)43)33(40)31(38)26-28/h5-6,8-9,11-12,14-15,17-18,24-26,38,40H,3-4,7,10,13,16,19-23H2,1-2H3. The summed E-state index contributed by atoms with van der Waals surface area (Å²) < 4.78 is 5.24. The minimum Gasteiger partial charge on any atom is -0.504 e. The number of allylic oxidation sites excluding steroid dienone is 10. The quantitative estimate of drug-likeness (QED) is 0.0231. The first-order chi connectivity index (χ1) is 21.2. The van der Waals surface area contributed by atoms with Gasteiger partial charge in [0.2, 0.25) is 5.75 Å². The molecule has 0 radical (unpaired) electrons. The third-order valence-corrected chi connectivity index (χ3v) is 6.15. The van der Waals surface area contributed by atoms with Crippen LogP contribution in [0, 0.1) is 21.4 Å².